The van der Waals surface area contributed by atoms with Crippen molar-refractivity contribution < 1.29 is 23.5 Å². The molecule has 0 atom stereocenters. The number of aryl methyl sites for hydroxylation is 1. The van der Waals surface area contributed by atoms with Gasteiger partial charge in [0.15, 0.2) is 22.7 Å². The molecule has 3 aromatic carbocycles. The van der Waals surface area contributed by atoms with Crippen LogP contribution in [0.25, 0.3) is 11.0 Å². The van der Waals surface area contributed by atoms with Gasteiger partial charge in [0.1, 0.15) is 5.58 Å². The Morgan fingerprint density at radius 1 is 0.892 bits per heavy atom. The van der Waals surface area contributed by atoms with E-state index in [0.717, 1.165) is 23.6 Å². The summed E-state index contributed by atoms with van der Waals surface area (Å²) >= 11 is 0. The molecule has 2 amide bonds. The predicted octanol–water partition coefficient (Wildman–Crippen LogP) is 4.12. The van der Waals surface area contributed by atoms with E-state index >= 15 is 0 Å². The second-order valence-corrected chi connectivity index (χ2v) is 8.37. The van der Waals surface area contributed by atoms with E-state index in [1.165, 1.54) is 26.4 Å². The standard InChI is InChI=1S/C28H27N3O6/c1-16-4-9-19-22(32)15-26(37-23(19)12-16)28(34)31-21-14-25(36-3)24(35-2)13-20(21)27(33)30-18-7-5-17(6-8-18)10-11-29/h4-9,12-15H,10-11,29H2,1-3H3,(H,30,33)(H,31,34). The van der Waals surface area contributed by atoms with Crippen molar-refractivity contribution in [2.75, 3.05) is 31.4 Å². The Balaban J connectivity index is 1.68. The molecule has 37 heavy (non-hydrogen) atoms. The molecular weight excluding hydrogens is 474 g/mol. The van der Waals surface area contributed by atoms with Crippen molar-refractivity contribution in [2.45, 2.75) is 13.3 Å². The molecule has 9 heteroatoms. The fourth-order valence-corrected chi connectivity index (χ4v) is 3.85. The summed E-state index contributed by atoms with van der Waals surface area (Å²) in [5.74, 6) is -0.779. The largest absolute Gasteiger partial charge is 0.493 e. The predicted molar refractivity (Wildman–Crippen MR) is 142 cm³/mol. The first kappa shape index (κ1) is 25.5. The van der Waals surface area contributed by atoms with Crippen LogP contribution < -0.4 is 31.3 Å². The van der Waals surface area contributed by atoms with Crippen molar-refractivity contribution in [1.29, 1.82) is 0 Å². The second-order valence-electron chi connectivity index (χ2n) is 8.37. The fraction of sp³-hybridized carbons (Fsp3) is 0.179. The Morgan fingerprint density at radius 3 is 2.27 bits per heavy atom. The number of nitrogens with one attached hydrogen (secondary N) is 2. The summed E-state index contributed by atoms with van der Waals surface area (Å²) in [5.41, 5.74) is 8.29. The van der Waals surface area contributed by atoms with Crippen LogP contribution in [0.15, 0.2) is 69.9 Å². The van der Waals surface area contributed by atoms with Crippen molar-refractivity contribution in [3.8, 4) is 11.5 Å². The Morgan fingerprint density at radius 2 is 1.59 bits per heavy atom. The summed E-state index contributed by atoms with van der Waals surface area (Å²) in [6.07, 6.45) is 0.727. The first-order valence-electron chi connectivity index (χ1n) is 11.5. The van der Waals surface area contributed by atoms with Crippen molar-refractivity contribution in [3.63, 3.8) is 0 Å². The van der Waals surface area contributed by atoms with Crippen LogP contribution in [0.3, 0.4) is 0 Å². The Labute approximate surface area is 213 Å². The van der Waals surface area contributed by atoms with E-state index in [4.69, 9.17) is 19.6 Å². The van der Waals surface area contributed by atoms with Crippen molar-refractivity contribution >= 4 is 34.2 Å². The summed E-state index contributed by atoms with van der Waals surface area (Å²) in [6.45, 7) is 2.38. The third-order valence-corrected chi connectivity index (χ3v) is 5.77. The lowest BCUT2D eigenvalue weighted by Gasteiger charge is -2.16. The zero-order valence-corrected chi connectivity index (χ0v) is 20.7. The number of rotatable bonds is 8. The van der Waals surface area contributed by atoms with Gasteiger partial charge in [-0.1, -0.05) is 18.2 Å². The number of benzene rings is 3. The minimum absolute atomic E-state index is 0.121. The first-order chi connectivity index (χ1) is 17.8. The number of hydrogen-bond acceptors (Lipinski definition) is 7. The molecular formula is C28H27N3O6. The number of anilines is 2. The molecule has 4 aromatic rings. The molecule has 0 radical (unpaired) electrons. The highest BCUT2D eigenvalue weighted by atomic mass is 16.5. The van der Waals surface area contributed by atoms with Crippen LogP contribution in [-0.2, 0) is 6.42 Å². The number of hydrogen-bond donors (Lipinski definition) is 3. The van der Waals surface area contributed by atoms with Gasteiger partial charge in [-0.3, -0.25) is 14.4 Å². The number of fused-ring (bicyclic) bond motifs is 1. The van der Waals surface area contributed by atoms with E-state index in [1.54, 1.807) is 30.3 Å². The SMILES string of the molecule is COc1cc(NC(=O)c2cc(=O)c3ccc(C)cc3o2)c(C(=O)Nc2ccc(CCN)cc2)cc1OC. The molecule has 4 N–H and O–H groups in total. The molecule has 0 spiro atoms. The van der Waals surface area contributed by atoms with E-state index in [0.29, 0.717) is 34.7 Å². The quantitative estimate of drug-likeness (QED) is 0.331. The Kier molecular flexibility index (Phi) is 7.55. The van der Waals surface area contributed by atoms with Gasteiger partial charge in [0.2, 0.25) is 0 Å². The minimum atomic E-state index is -0.701. The lowest BCUT2D eigenvalue weighted by Crippen LogP contribution is -2.20. The van der Waals surface area contributed by atoms with Crippen LogP contribution in [0.1, 0.15) is 32.0 Å². The average Bonchev–Trinajstić information content (AvgIpc) is 2.89. The third kappa shape index (κ3) is 5.62. The molecule has 0 aliphatic heterocycles. The summed E-state index contributed by atoms with van der Waals surface area (Å²) in [7, 11) is 2.89. The molecule has 9 nitrogen and oxygen atoms in total. The Hall–Kier alpha value is -4.63. The van der Waals surface area contributed by atoms with Crippen LogP contribution in [0.5, 0.6) is 11.5 Å². The zero-order chi connectivity index (χ0) is 26.5. The van der Waals surface area contributed by atoms with Crippen molar-refractivity contribution in [3.05, 3.63) is 93.3 Å². The van der Waals surface area contributed by atoms with E-state index in [-0.39, 0.29) is 22.4 Å². The lowest BCUT2D eigenvalue weighted by molar-refractivity contribution is 0.0997. The maximum atomic E-state index is 13.2. The van der Waals surface area contributed by atoms with Gasteiger partial charge in [0.05, 0.1) is 30.9 Å². The molecule has 0 unspecified atom stereocenters. The van der Waals surface area contributed by atoms with Crippen LogP contribution in [0, 0.1) is 6.92 Å². The van der Waals surface area contributed by atoms with Crippen LogP contribution >= 0.6 is 0 Å². The van der Waals surface area contributed by atoms with Gasteiger partial charge < -0.3 is 30.3 Å². The smallest absolute Gasteiger partial charge is 0.291 e. The van der Waals surface area contributed by atoms with Gasteiger partial charge >= 0.3 is 0 Å². The van der Waals surface area contributed by atoms with E-state index in [2.05, 4.69) is 10.6 Å². The fourth-order valence-electron chi connectivity index (χ4n) is 3.85. The van der Waals surface area contributed by atoms with Crippen molar-refractivity contribution in [2.24, 2.45) is 5.73 Å². The van der Waals surface area contributed by atoms with Crippen LogP contribution in [0.2, 0.25) is 0 Å². The molecule has 0 saturated carbocycles. The molecule has 0 saturated heterocycles. The van der Waals surface area contributed by atoms with Crippen molar-refractivity contribution in [1.82, 2.24) is 0 Å². The topological polar surface area (TPSA) is 133 Å². The van der Waals surface area contributed by atoms with Gasteiger partial charge in [-0.15, -0.1) is 0 Å². The zero-order valence-electron chi connectivity index (χ0n) is 20.7. The monoisotopic (exact) mass is 501 g/mol. The molecule has 1 aromatic heterocycles. The first-order valence-corrected chi connectivity index (χ1v) is 11.5. The van der Waals surface area contributed by atoms with E-state index in [1.807, 2.05) is 19.1 Å². The average molecular weight is 502 g/mol. The summed E-state index contributed by atoms with van der Waals surface area (Å²) in [4.78, 5) is 38.9. The maximum absolute atomic E-state index is 13.2. The van der Waals surface area contributed by atoms with Gasteiger partial charge in [-0.05, 0) is 61.3 Å². The van der Waals surface area contributed by atoms with Gasteiger partial charge in [0, 0.05) is 17.8 Å². The van der Waals surface area contributed by atoms with Gasteiger partial charge in [-0.25, -0.2) is 0 Å². The number of methoxy groups -OCH3 is 2. The lowest BCUT2D eigenvalue weighted by atomic mass is 10.1. The van der Waals surface area contributed by atoms with Crippen LogP contribution in [-0.4, -0.2) is 32.6 Å². The highest BCUT2D eigenvalue weighted by Gasteiger charge is 2.21. The van der Waals surface area contributed by atoms with E-state index < -0.39 is 11.8 Å². The van der Waals surface area contributed by atoms with Gasteiger partial charge in [-0.2, -0.15) is 0 Å². The summed E-state index contributed by atoms with van der Waals surface area (Å²) < 4.78 is 16.4. The number of ether oxygens (including phenoxy) is 2. The number of nitrogens with two attached hydrogens (primary N) is 1. The van der Waals surface area contributed by atoms with Gasteiger partial charge in [0.25, 0.3) is 11.8 Å². The number of amides is 2. The highest BCUT2D eigenvalue weighted by molar-refractivity contribution is 6.12. The van der Waals surface area contributed by atoms with Crippen LogP contribution in [0.4, 0.5) is 11.4 Å². The number of carbonyl (C=O) groups excluding carboxylic acids is 2. The Bertz CT molecular complexity index is 1530. The van der Waals surface area contributed by atoms with E-state index in [9.17, 15) is 14.4 Å². The molecule has 190 valence electrons. The highest BCUT2D eigenvalue weighted by Crippen LogP contribution is 2.34. The second kappa shape index (κ2) is 11.0. The normalized spacial score (nSPS) is 10.7. The molecule has 1 heterocycles. The molecule has 0 aliphatic carbocycles. The maximum Gasteiger partial charge on any atom is 0.291 e. The summed E-state index contributed by atoms with van der Waals surface area (Å²) in [6, 6.07) is 16.5. The molecule has 0 fully saturated rings. The molecule has 4 rings (SSSR count). The number of carbonyl (C=O) groups is 2. The summed E-state index contributed by atoms with van der Waals surface area (Å²) in [5, 5.41) is 5.85. The molecule has 0 aliphatic rings. The molecule has 0 bridgehead atoms. The minimum Gasteiger partial charge on any atom is -0.493 e. The third-order valence-electron chi connectivity index (χ3n) is 5.77.